The number of carbonyl (C=O) groups excluding carboxylic acids is 3. The van der Waals surface area contributed by atoms with Crippen LogP contribution in [0.25, 0.3) is 0 Å². The van der Waals surface area contributed by atoms with Crippen LogP contribution < -0.4 is 0 Å². The van der Waals surface area contributed by atoms with Gasteiger partial charge < -0.3 is 14.2 Å². The Morgan fingerprint density at radius 1 is 1.32 bits per heavy atom. The van der Waals surface area contributed by atoms with E-state index < -0.39 is 35.5 Å². The van der Waals surface area contributed by atoms with E-state index in [1.54, 1.807) is 13.8 Å². The number of ether oxygens (including phenoxy) is 3. The largest absolute Gasteiger partial charge is 0.458 e. The van der Waals surface area contributed by atoms with Crippen LogP contribution in [0.15, 0.2) is 0 Å². The molecule has 6 heteroatoms. The standard InChI is InChI=1S/C19H28O6/c1-7-17(3,4)15(21)23-9-12(20)24-14-13-11-8-18(14,5)10(2)19(11,6)16(22)25-13/h10-11,13-14H,7-9H2,1-6H3. The first kappa shape index (κ1) is 18.2. The predicted octanol–water partition coefficient (Wildman–Crippen LogP) is 2.49. The summed E-state index contributed by atoms with van der Waals surface area (Å²) in [5, 5.41) is 0. The second-order valence-corrected chi connectivity index (χ2v) is 8.91. The van der Waals surface area contributed by atoms with Crippen LogP contribution in [-0.4, -0.2) is 36.7 Å². The third-order valence-electron chi connectivity index (χ3n) is 7.36. The topological polar surface area (TPSA) is 78.9 Å². The van der Waals surface area contributed by atoms with Gasteiger partial charge in [0.2, 0.25) is 0 Å². The van der Waals surface area contributed by atoms with Crippen molar-refractivity contribution in [2.24, 2.45) is 28.1 Å². The first-order valence-electron chi connectivity index (χ1n) is 9.06. The molecule has 0 spiro atoms. The SMILES string of the molecule is CCC(C)(C)C(=O)OCC(=O)OC1C2OC(=O)C3(C)C2CC1(C)C3C. The maximum Gasteiger partial charge on any atom is 0.344 e. The van der Waals surface area contributed by atoms with E-state index in [9.17, 15) is 14.4 Å². The van der Waals surface area contributed by atoms with Crippen molar-refractivity contribution < 1.29 is 28.6 Å². The van der Waals surface area contributed by atoms with E-state index >= 15 is 0 Å². The van der Waals surface area contributed by atoms with E-state index in [1.807, 2.05) is 20.8 Å². The minimum atomic E-state index is -0.629. The highest BCUT2D eigenvalue weighted by Crippen LogP contribution is 2.70. The molecule has 0 amide bonds. The fourth-order valence-corrected chi connectivity index (χ4v) is 4.84. The van der Waals surface area contributed by atoms with Gasteiger partial charge in [0, 0.05) is 11.3 Å². The Hall–Kier alpha value is -1.59. The minimum Gasteiger partial charge on any atom is -0.458 e. The van der Waals surface area contributed by atoms with E-state index in [4.69, 9.17) is 14.2 Å². The van der Waals surface area contributed by atoms with Gasteiger partial charge in [0.05, 0.1) is 10.8 Å². The van der Waals surface area contributed by atoms with Gasteiger partial charge in [0.15, 0.2) is 6.61 Å². The van der Waals surface area contributed by atoms with Crippen LogP contribution in [-0.2, 0) is 28.6 Å². The molecular weight excluding hydrogens is 324 g/mol. The lowest BCUT2D eigenvalue weighted by Gasteiger charge is -2.41. The van der Waals surface area contributed by atoms with Crippen LogP contribution in [0.5, 0.6) is 0 Å². The molecule has 140 valence electrons. The molecule has 3 rings (SSSR count). The van der Waals surface area contributed by atoms with E-state index in [0.717, 1.165) is 6.42 Å². The Labute approximate surface area is 148 Å². The fraction of sp³-hybridized carbons (Fsp3) is 0.842. The average molecular weight is 352 g/mol. The lowest BCUT2D eigenvalue weighted by molar-refractivity contribution is -0.177. The Bertz CT molecular complexity index is 621. The van der Waals surface area contributed by atoms with Crippen molar-refractivity contribution in [3.63, 3.8) is 0 Å². The Kier molecular flexibility index (Phi) is 3.97. The highest BCUT2D eigenvalue weighted by Gasteiger charge is 2.77. The van der Waals surface area contributed by atoms with Crippen molar-refractivity contribution in [2.75, 3.05) is 6.61 Å². The molecule has 1 saturated heterocycles. The summed E-state index contributed by atoms with van der Waals surface area (Å²) in [6.07, 6.45) is 0.571. The highest BCUT2D eigenvalue weighted by atomic mass is 16.6. The molecule has 3 fully saturated rings. The van der Waals surface area contributed by atoms with Crippen molar-refractivity contribution in [3.8, 4) is 0 Å². The molecule has 2 saturated carbocycles. The molecule has 6 nitrogen and oxygen atoms in total. The van der Waals surface area contributed by atoms with E-state index in [2.05, 4.69) is 6.92 Å². The number of fused-ring (bicyclic) bond motifs is 1. The third kappa shape index (κ3) is 2.32. The molecule has 6 unspecified atom stereocenters. The van der Waals surface area contributed by atoms with Gasteiger partial charge in [-0.1, -0.05) is 20.8 Å². The van der Waals surface area contributed by atoms with E-state index in [1.165, 1.54) is 0 Å². The summed E-state index contributed by atoms with van der Waals surface area (Å²) in [6.45, 7) is 11.1. The van der Waals surface area contributed by atoms with Crippen LogP contribution in [0.2, 0.25) is 0 Å². The maximum absolute atomic E-state index is 12.3. The molecule has 3 aliphatic rings. The van der Waals surface area contributed by atoms with Gasteiger partial charge in [-0.25, -0.2) is 4.79 Å². The fourth-order valence-electron chi connectivity index (χ4n) is 4.84. The quantitative estimate of drug-likeness (QED) is 0.559. The Balaban J connectivity index is 1.66. The molecule has 0 aromatic heterocycles. The van der Waals surface area contributed by atoms with Gasteiger partial charge in [-0.15, -0.1) is 0 Å². The van der Waals surface area contributed by atoms with E-state index in [0.29, 0.717) is 6.42 Å². The maximum atomic E-state index is 12.3. The second-order valence-electron chi connectivity index (χ2n) is 8.91. The lowest BCUT2D eigenvalue weighted by atomic mass is 9.63. The van der Waals surface area contributed by atoms with Crippen molar-refractivity contribution in [3.05, 3.63) is 0 Å². The van der Waals surface area contributed by atoms with Crippen LogP contribution in [0.4, 0.5) is 0 Å². The molecule has 1 heterocycles. The summed E-state index contributed by atoms with van der Waals surface area (Å²) < 4.78 is 16.3. The first-order valence-corrected chi connectivity index (χ1v) is 9.06. The lowest BCUT2D eigenvalue weighted by Crippen LogP contribution is -2.49. The van der Waals surface area contributed by atoms with Gasteiger partial charge in [-0.2, -0.15) is 0 Å². The molecule has 25 heavy (non-hydrogen) atoms. The number of hydrogen-bond donors (Lipinski definition) is 0. The van der Waals surface area contributed by atoms with Gasteiger partial charge in [0.25, 0.3) is 0 Å². The molecule has 2 bridgehead atoms. The summed E-state index contributed by atoms with van der Waals surface area (Å²) >= 11 is 0. The van der Waals surface area contributed by atoms with Crippen molar-refractivity contribution >= 4 is 17.9 Å². The van der Waals surface area contributed by atoms with Gasteiger partial charge in [-0.05, 0) is 39.5 Å². The summed E-state index contributed by atoms with van der Waals surface area (Å²) in [4.78, 5) is 36.6. The van der Waals surface area contributed by atoms with E-state index in [-0.39, 0.29) is 29.3 Å². The van der Waals surface area contributed by atoms with Crippen molar-refractivity contribution in [1.29, 1.82) is 0 Å². The zero-order valence-corrected chi connectivity index (χ0v) is 15.9. The van der Waals surface area contributed by atoms with Crippen LogP contribution in [0.1, 0.15) is 54.4 Å². The first-order chi connectivity index (χ1) is 11.5. The normalized spacial score (nSPS) is 41.6. The van der Waals surface area contributed by atoms with Gasteiger partial charge in [0.1, 0.15) is 12.2 Å². The molecular formula is C19H28O6. The van der Waals surface area contributed by atoms with Gasteiger partial charge in [-0.3, -0.25) is 9.59 Å². The highest BCUT2D eigenvalue weighted by molar-refractivity contribution is 5.82. The molecule has 0 aromatic carbocycles. The molecule has 0 radical (unpaired) electrons. The molecule has 6 atom stereocenters. The smallest absolute Gasteiger partial charge is 0.344 e. The second kappa shape index (κ2) is 5.45. The molecule has 2 aliphatic carbocycles. The summed E-state index contributed by atoms with van der Waals surface area (Å²) in [7, 11) is 0. The monoisotopic (exact) mass is 352 g/mol. The predicted molar refractivity (Wildman–Crippen MR) is 88.3 cm³/mol. The van der Waals surface area contributed by atoms with Crippen molar-refractivity contribution in [2.45, 2.75) is 66.6 Å². The average Bonchev–Trinajstić information content (AvgIpc) is 3.04. The van der Waals surface area contributed by atoms with Gasteiger partial charge >= 0.3 is 17.9 Å². The van der Waals surface area contributed by atoms with Crippen LogP contribution >= 0.6 is 0 Å². The number of carbonyl (C=O) groups is 3. The molecule has 0 N–H and O–H groups in total. The number of hydrogen-bond acceptors (Lipinski definition) is 6. The Morgan fingerprint density at radius 2 is 1.96 bits per heavy atom. The summed E-state index contributed by atoms with van der Waals surface area (Å²) in [5.41, 5.74) is -1.41. The van der Waals surface area contributed by atoms with Crippen molar-refractivity contribution in [1.82, 2.24) is 0 Å². The minimum absolute atomic E-state index is 0.0654. The molecule has 1 aliphatic heterocycles. The summed E-state index contributed by atoms with van der Waals surface area (Å²) in [5.74, 6) is -1.04. The molecule has 0 aromatic rings. The Morgan fingerprint density at radius 3 is 2.56 bits per heavy atom. The number of esters is 3. The zero-order chi connectivity index (χ0) is 18.8. The number of rotatable bonds is 5. The zero-order valence-electron chi connectivity index (χ0n) is 15.9. The van der Waals surface area contributed by atoms with Crippen LogP contribution in [0, 0.1) is 28.1 Å². The van der Waals surface area contributed by atoms with Crippen LogP contribution in [0.3, 0.4) is 0 Å². The summed E-state index contributed by atoms with van der Waals surface area (Å²) in [6, 6.07) is 0. The third-order valence-corrected chi connectivity index (χ3v) is 7.36.